The molecule has 0 radical (unpaired) electrons. The molecule has 154 valence electrons. The molecule has 3 aromatic heterocycles. The molecule has 0 saturated heterocycles. The van der Waals surface area contributed by atoms with Crippen molar-refractivity contribution in [1.29, 1.82) is 0 Å². The molecule has 1 amide bonds. The Morgan fingerprint density at radius 3 is 2.52 bits per heavy atom. The van der Waals surface area contributed by atoms with E-state index in [1.54, 1.807) is 18.5 Å². The molecule has 0 bridgehead atoms. The standard InChI is InChI=1S/C24H20N4O3/c1-16(29)27-22(24(30)31-2)13-17-7-9-19(10-8-17)28-15-21(18-5-3-11-25-14-18)20-6-4-12-26-23(20)28/h3-15H,1-2H3,(H,27,29). The van der Waals surface area contributed by atoms with E-state index in [2.05, 4.69) is 15.3 Å². The van der Waals surface area contributed by atoms with Gasteiger partial charge < -0.3 is 14.6 Å². The maximum Gasteiger partial charge on any atom is 0.354 e. The Balaban J connectivity index is 1.74. The molecular formula is C24H20N4O3. The molecule has 0 aliphatic rings. The first-order valence-corrected chi connectivity index (χ1v) is 9.61. The third-order valence-corrected chi connectivity index (χ3v) is 4.73. The van der Waals surface area contributed by atoms with Crippen LogP contribution in [0.5, 0.6) is 0 Å². The number of hydrogen-bond donors (Lipinski definition) is 1. The fraction of sp³-hybridized carbons (Fsp3) is 0.0833. The minimum atomic E-state index is -0.610. The van der Waals surface area contributed by atoms with Crippen LogP contribution in [0, 0.1) is 0 Å². The Hall–Kier alpha value is -4.26. The van der Waals surface area contributed by atoms with Gasteiger partial charge >= 0.3 is 5.97 Å². The number of nitrogens with zero attached hydrogens (tertiary/aromatic N) is 3. The number of carbonyl (C=O) groups is 2. The average molecular weight is 412 g/mol. The number of nitrogens with one attached hydrogen (secondary N) is 1. The highest BCUT2D eigenvalue weighted by molar-refractivity contribution is 5.97. The van der Waals surface area contributed by atoms with Crippen LogP contribution in [0.1, 0.15) is 12.5 Å². The molecular weight excluding hydrogens is 392 g/mol. The summed E-state index contributed by atoms with van der Waals surface area (Å²) in [6, 6.07) is 15.4. The van der Waals surface area contributed by atoms with Gasteiger partial charge in [0.1, 0.15) is 11.3 Å². The van der Waals surface area contributed by atoms with Gasteiger partial charge in [-0.3, -0.25) is 9.78 Å². The lowest BCUT2D eigenvalue weighted by molar-refractivity contribution is -0.137. The number of aromatic nitrogens is 3. The molecule has 4 aromatic rings. The first kappa shape index (κ1) is 20.0. The SMILES string of the molecule is COC(=O)C(=Cc1ccc(-n2cc(-c3cccnc3)c3cccnc32)cc1)NC(C)=O. The molecule has 31 heavy (non-hydrogen) atoms. The minimum Gasteiger partial charge on any atom is -0.464 e. The Morgan fingerprint density at radius 2 is 1.84 bits per heavy atom. The fourth-order valence-electron chi connectivity index (χ4n) is 3.35. The van der Waals surface area contributed by atoms with Crippen molar-refractivity contribution < 1.29 is 14.3 Å². The summed E-state index contributed by atoms with van der Waals surface area (Å²) in [5.74, 6) is -0.956. The molecule has 7 nitrogen and oxygen atoms in total. The van der Waals surface area contributed by atoms with Gasteiger partial charge in [-0.25, -0.2) is 9.78 Å². The van der Waals surface area contributed by atoms with E-state index in [9.17, 15) is 9.59 Å². The summed E-state index contributed by atoms with van der Waals surface area (Å²) in [6.45, 7) is 1.34. The van der Waals surface area contributed by atoms with Gasteiger partial charge in [0.2, 0.25) is 5.91 Å². The van der Waals surface area contributed by atoms with E-state index in [4.69, 9.17) is 4.74 Å². The molecule has 0 saturated carbocycles. The normalized spacial score (nSPS) is 11.4. The highest BCUT2D eigenvalue weighted by Crippen LogP contribution is 2.31. The molecule has 0 aliphatic heterocycles. The number of fused-ring (bicyclic) bond motifs is 1. The molecule has 3 heterocycles. The predicted molar refractivity (Wildman–Crippen MR) is 118 cm³/mol. The van der Waals surface area contributed by atoms with Gasteiger partial charge in [-0.2, -0.15) is 0 Å². The summed E-state index contributed by atoms with van der Waals surface area (Å²) >= 11 is 0. The van der Waals surface area contributed by atoms with Gasteiger partial charge in [-0.15, -0.1) is 0 Å². The molecule has 4 rings (SSSR count). The second-order valence-electron chi connectivity index (χ2n) is 6.85. The quantitative estimate of drug-likeness (QED) is 0.399. The third-order valence-electron chi connectivity index (χ3n) is 4.73. The summed E-state index contributed by atoms with van der Waals surface area (Å²) in [5.41, 5.74) is 4.62. The van der Waals surface area contributed by atoms with Gasteiger partial charge in [0, 0.05) is 53.9 Å². The number of benzene rings is 1. The number of hydrogen-bond acceptors (Lipinski definition) is 5. The summed E-state index contributed by atoms with van der Waals surface area (Å²) in [6.07, 6.45) is 8.95. The summed E-state index contributed by atoms with van der Waals surface area (Å²) < 4.78 is 6.75. The number of esters is 1. The van der Waals surface area contributed by atoms with Crippen molar-refractivity contribution in [3.63, 3.8) is 0 Å². The maximum atomic E-state index is 11.9. The van der Waals surface area contributed by atoms with Crippen LogP contribution in [0.4, 0.5) is 0 Å². The Labute approximate surface area is 179 Å². The number of pyridine rings is 2. The smallest absolute Gasteiger partial charge is 0.354 e. The van der Waals surface area contributed by atoms with Crippen molar-refractivity contribution in [3.8, 4) is 16.8 Å². The number of ether oxygens (including phenoxy) is 1. The average Bonchev–Trinajstić information content (AvgIpc) is 3.19. The third kappa shape index (κ3) is 4.20. The van der Waals surface area contributed by atoms with E-state index in [-0.39, 0.29) is 11.6 Å². The summed E-state index contributed by atoms with van der Waals surface area (Å²) in [4.78, 5) is 32.1. The van der Waals surface area contributed by atoms with Crippen LogP contribution in [0.25, 0.3) is 33.9 Å². The molecule has 0 fully saturated rings. The number of carbonyl (C=O) groups excluding carboxylic acids is 2. The van der Waals surface area contributed by atoms with Crippen LogP contribution in [0.2, 0.25) is 0 Å². The second-order valence-corrected chi connectivity index (χ2v) is 6.85. The molecule has 0 unspecified atom stereocenters. The largest absolute Gasteiger partial charge is 0.464 e. The molecule has 0 spiro atoms. The van der Waals surface area contributed by atoms with Crippen molar-refractivity contribution in [2.45, 2.75) is 6.92 Å². The van der Waals surface area contributed by atoms with Gasteiger partial charge in [-0.05, 0) is 42.0 Å². The Bertz CT molecular complexity index is 1280. The zero-order valence-electron chi connectivity index (χ0n) is 17.1. The first-order valence-electron chi connectivity index (χ1n) is 9.61. The Kier molecular flexibility index (Phi) is 5.57. The van der Waals surface area contributed by atoms with E-state index in [0.29, 0.717) is 0 Å². The second kappa shape index (κ2) is 8.62. The lowest BCUT2D eigenvalue weighted by atomic mass is 10.1. The van der Waals surface area contributed by atoms with E-state index in [0.717, 1.165) is 33.4 Å². The van der Waals surface area contributed by atoms with E-state index in [1.807, 2.05) is 65.5 Å². The molecule has 1 N–H and O–H groups in total. The Morgan fingerprint density at radius 1 is 1.06 bits per heavy atom. The monoisotopic (exact) mass is 412 g/mol. The topological polar surface area (TPSA) is 86.1 Å². The molecule has 7 heteroatoms. The highest BCUT2D eigenvalue weighted by Gasteiger charge is 2.13. The lowest BCUT2D eigenvalue weighted by Gasteiger charge is -2.07. The number of methoxy groups -OCH3 is 1. The maximum absolute atomic E-state index is 11.9. The predicted octanol–water partition coefficient (Wildman–Crippen LogP) is 3.74. The summed E-state index contributed by atoms with van der Waals surface area (Å²) in [5, 5.41) is 3.52. The minimum absolute atomic E-state index is 0.0784. The zero-order valence-corrected chi connectivity index (χ0v) is 17.1. The van der Waals surface area contributed by atoms with Crippen molar-refractivity contribution in [1.82, 2.24) is 19.9 Å². The van der Waals surface area contributed by atoms with E-state index in [1.165, 1.54) is 14.0 Å². The number of amides is 1. The first-order chi connectivity index (χ1) is 15.1. The van der Waals surface area contributed by atoms with Crippen LogP contribution >= 0.6 is 0 Å². The highest BCUT2D eigenvalue weighted by atomic mass is 16.5. The molecule has 1 aromatic carbocycles. The molecule has 0 aliphatic carbocycles. The van der Waals surface area contributed by atoms with Gasteiger partial charge in [-0.1, -0.05) is 18.2 Å². The van der Waals surface area contributed by atoms with Crippen LogP contribution in [0.15, 0.2) is 79.0 Å². The zero-order chi connectivity index (χ0) is 21.8. The van der Waals surface area contributed by atoms with Crippen LogP contribution in [-0.4, -0.2) is 33.5 Å². The molecule has 0 atom stereocenters. The van der Waals surface area contributed by atoms with Crippen LogP contribution in [0.3, 0.4) is 0 Å². The van der Waals surface area contributed by atoms with Crippen molar-refractivity contribution in [2.75, 3.05) is 7.11 Å². The van der Waals surface area contributed by atoms with E-state index >= 15 is 0 Å². The van der Waals surface area contributed by atoms with Gasteiger partial charge in [0.05, 0.1) is 7.11 Å². The van der Waals surface area contributed by atoms with Crippen molar-refractivity contribution in [3.05, 3.63) is 84.6 Å². The van der Waals surface area contributed by atoms with Crippen molar-refractivity contribution in [2.24, 2.45) is 0 Å². The van der Waals surface area contributed by atoms with E-state index < -0.39 is 5.97 Å². The van der Waals surface area contributed by atoms with Crippen molar-refractivity contribution >= 4 is 29.0 Å². The van der Waals surface area contributed by atoms with Gasteiger partial charge in [0.25, 0.3) is 0 Å². The van der Waals surface area contributed by atoms with Gasteiger partial charge in [0.15, 0.2) is 0 Å². The summed E-state index contributed by atoms with van der Waals surface area (Å²) in [7, 11) is 1.27. The number of rotatable bonds is 5. The van der Waals surface area contributed by atoms with Crippen LogP contribution < -0.4 is 5.32 Å². The van der Waals surface area contributed by atoms with Crippen LogP contribution in [-0.2, 0) is 14.3 Å². The fourth-order valence-corrected chi connectivity index (χ4v) is 3.35. The lowest BCUT2D eigenvalue weighted by Crippen LogP contribution is -2.25.